The van der Waals surface area contributed by atoms with Crippen molar-refractivity contribution in [1.29, 1.82) is 0 Å². The highest BCUT2D eigenvalue weighted by Crippen LogP contribution is 2.28. The van der Waals surface area contributed by atoms with Crippen LogP contribution in [-0.2, 0) is 14.3 Å². The first-order chi connectivity index (χ1) is 9.18. The summed E-state index contributed by atoms with van der Waals surface area (Å²) in [4.78, 5) is 24.5. The Kier molecular flexibility index (Phi) is 7.84. The van der Waals surface area contributed by atoms with E-state index >= 15 is 0 Å². The van der Waals surface area contributed by atoms with Gasteiger partial charge in [0, 0.05) is 6.04 Å². The van der Waals surface area contributed by atoms with Crippen LogP contribution in [0.5, 0.6) is 0 Å². The molecule has 0 saturated carbocycles. The molecule has 0 aromatic heterocycles. The number of hydrogen-bond donors (Lipinski definition) is 1. The Morgan fingerprint density at radius 3 is 1.95 bits per heavy atom. The summed E-state index contributed by atoms with van der Waals surface area (Å²) in [5, 5.41) is 2.99. The fourth-order valence-electron chi connectivity index (χ4n) is 2.50. The largest absolute Gasteiger partial charge is 0.465 e. The van der Waals surface area contributed by atoms with Gasteiger partial charge in [-0.25, -0.2) is 0 Å². The number of ether oxygens (including phenoxy) is 1. The van der Waals surface area contributed by atoms with Gasteiger partial charge in [0.15, 0.2) is 0 Å². The van der Waals surface area contributed by atoms with E-state index in [4.69, 9.17) is 4.74 Å². The van der Waals surface area contributed by atoms with Crippen molar-refractivity contribution in [3.8, 4) is 0 Å². The Morgan fingerprint density at radius 2 is 1.60 bits per heavy atom. The van der Waals surface area contributed by atoms with E-state index in [1.54, 1.807) is 6.92 Å². The van der Waals surface area contributed by atoms with E-state index in [-0.39, 0.29) is 11.9 Å². The van der Waals surface area contributed by atoms with E-state index in [1.165, 1.54) is 0 Å². The predicted octanol–water partition coefficient (Wildman–Crippen LogP) is 3.15. The van der Waals surface area contributed by atoms with E-state index in [0.29, 0.717) is 12.5 Å². The molecule has 0 heterocycles. The van der Waals surface area contributed by atoms with Crippen LogP contribution in [0.4, 0.5) is 0 Å². The Bertz CT molecular complexity index is 316. The number of rotatable bonds is 7. The van der Waals surface area contributed by atoms with Crippen molar-refractivity contribution in [1.82, 2.24) is 5.32 Å². The molecule has 0 radical (unpaired) electrons. The van der Waals surface area contributed by atoms with Crippen LogP contribution >= 0.6 is 0 Å². The van der Waals surface area contributed by atoms with Crippen molar-refractivity contribution in [3.05, 3.63) is 0 Å². The molecular weight excluding hydrogens is 254 g/mol. The van der Waals surface area contributed by atoms with Gasteiger partial charge in [0.25, 0.3) is 0 Å². The molecule has 0 aliphatic rings. The van der Waals surface area contributed by atoms with Gasteiger partial charge >= 0.3 is 5.97 Å². The normalized spacial score (nSPS) is 14.8. The molecular formula is C16H31NO3. The second-order valence-corrected chi connectivity index (χ2v) is 6.42. The van der Waals surface area contributed by atoms with Crippen LogP contribution in [0.15, 0.2) is 0 Å². The minimum absolute atomic E-state index is 0.0665. The van der Waals surface area contributed by atoms with E-state index in [2.05, 4.69) is 19.2 Å². The maximum absolute atomic E-state index is 12.4. The Balaban J connectivity index is 4.94. The smallest absolute Gasteiger partial charge is 0.319 e. The van der Waals surface area contributed by atoms with Gasteiger partial charge in [-0.3, -0.25) is 9.59 Å². The number of amides is 1. The molecule has 0 saturated heterocycles. The second kappa shape index (κ2) is 8.28. The summed E-state index contributed by atoms with van der Waals surface area (Å²) in [6.07, 6.45) is 2.02. The fourth-order valence-corrected chi connectivity index (χ4v) is 2.50. The Labute approximate surface area is 123 Å². The van der Waals surface area contributed by atoms with Crippen LogP contribution in [-0.4, -0.2) is 24.5 Å². The van der Waals surface area contributed by atoms with Crippen LogP contribution in [0.2, 0.25) is 0 Å². The SMILES string of the molecule is CCOC(=O)C(C(=O)NC(C)C(CC)CC)C(C)(C)C. The molecule has 20 heavy (non-hydrogen) atoms. The molecule has 118 valence electrons. The molecule has 4 heteroatoms. The van der Waals surface area contributed by atoms with Gasteiger partial charge in [0.05, 0.1) is 6.61 Å². The molecule has 0 aromatic rings. The number of esters is 1. The van der Waals surface area contributed by atoms with Crippen molar-refractivity contribution >= 4 is 11.9 Å². The van der Waals surface area contributed by atoms with Crippen molar-refractivity contribution in [2.45, 2.75) is 67.3 Å². The summed E-state index contributed by atoms with van der Waals surface area (Å²) in [5.41, 5.74) is -0.454. The van der Waals surface area contributed by atoms with Crippen LogP contribution in [0.3, 0.4) is 0 Å². The van der Waals surface area contributed by atoms with Gasteiger partial charge in [-0.05, 0) is 25.2 Å². The lowest BCUT2D eigenvalue weighted by molar-refractivity contribution is -0.157. The number of hydrogen-bond acceptors (Lipinski definition) is 3. The summed E-state index contributed by atoms with van der Waals surface area (Å²) in [6.45, 7) is 13.9. The zero-order valence-corrected chi connectivity index (χ0v) is 14.1. The average Bonchev–Trinajstić information content (AvgIpc) is 2.28. The Hall–Kier alpha value is -1.06. The highest BCUT2D eigenvalue weighted by Gasteiger charge is 2.39. The molecule has 1 amide bonds. The molecule has 0 rings (SSSR count). The van der Waals surface area contributed by atoms with Crippen LogP contribution in [0.25, 0.3) is 0 Å². The van der Waals surface area contributed by atoms with Crippen LogP contribution < -0.4 is 5.32 Å². The maximum atomic E-state index is 12.4. The lowest BCUT2D eigenvalue weighted by Crippen LogP contribution is -2.48. The fraction of sp³-hybridized carbons (Fsp3) is 0.875. The van der Waals surface area contributed by atoms with Gasteiger partial charge < -0.3 is 10.1 Å². The predicted molar refractivity (Wildman–Crippen MR) is 81.3 cm³/mol. The van der Waals surface area contributed by atoms with Crippen molar-refractivity contribution in [2.75, 3.05) is 6.61 Å². The zero-order chi connectivity index (χ0) is 15.9. The van der Waals surface area contributed by atoms with Crippen molar-refractivity contribution in [3.63, 3.8) is 0 Å². The molecule has 2 unspecified atom stereocenters. The second-order valence-electron chi connectivity index (χ2n) is 6.42. The summed E-state index contributed by atoms with van der Waals surface area (Å²) in [6, 6.07) is 0.0665. The molecule has 4 nitrogen and oxygen atoms in total. The topological polar surface area (TPSA) is 55.4 Å². The molecule has 0 aliphatic heterocycles. The summed E-state index contributed by atoms with van der Waals surface area (Å²) in [7, 11) is 0. The quantitative estimate of drug-likeness (QED) is 0.577. The number of carbonyl (C=O) groups excluding carboxylic acids is 2. The third-order valence-corrected chi connectivity index (χ3v) is 3.78. The first kappa shape index (κ1) is 18.9. The molecule has 0 bridgehead atoms. The first-order valence-corrected chi connectivity index (χ1v) is 7.65. The van der Waals surface area contributed by atoms with Gasteiger partial charge in [-0.2, -0.15) is 0 Å². The van der Waals surface area contributed by atoms with Gasteiger partial charge in [0.1, 0.15) is 5.92 Å². The lowest BCUT2D eigenvalue weighted by Gasteiger charge is -2.30. The van der Waals surface area contributed by atoms with E-state index < -0.39 is 17.3 Å². The van der Waals surface area contributed by atoms with Crippen molar-refractivity contribution < 1.29 is 14.3 Å². The van der Waals surface area contributed by atoms with Crippen LogP contribution in [0, 0.1) is 17.3 Å². The minimum atomic E-state index is -0.765. The molecule has 1 N–H and O–H groups in total. The maximum Gasteiger partial charge on any atom is 0.319 e. The summed E-state index contributed by atoms with van der Waals surface area (Å²) < 4.78 is 5.05. The van der Waals surface area contributed by atoms with Gasteiger partial charge in [-0.15, -0.1) is 0 Å². The third kappa shape index (κ3) is 5.51. The first-order valence-electron chi connectivity index (χ1n) is 7.65. The molecule has 0 aliphatic carbocycles. The lowest BCUT2D eigenvalue weighted by atomic mass is 9.79. The highest BCUT2D eigenvalue weighted by atomic mass is 16.5. The number of carbonyl (C=O) groups is 2. The van der Waals surface area contributed by atoms with E-state index in [9.17, 15) is 9.59 Å². The third-order valence-electron chi connectivity index (χ3n) is 3.78. The zero-order valence-electron chi connectivity index (χ0n) is 14.1. The molecule has 0 fully saturated rings. The Morgan fingerprint density at radius 1 is 1.10 bits per heavy atom. The highest BCUT2D eigenvalue weighted by molar-refractivity contribution is 5.98. The molecule has 2 atom stereocenters. The van der Waals surface area contributed by atoms with Gasteiger partial charge in [0.2, 0.25) is 5.91 Å². The number of nitrogens with one attached hydrogen (secondary N) is 1. The summed E-state index contributed by atoms with van der Waals surface area (Å²) in [5.74, 6) is -0.995. The standard InChI is InChI=1S/C16H31NO3/c1-8-12(9-2)11(4)17-14(18)13(16(5,6)7)15(19)20-10-3/h11-13H,8-10H2,1-7H3,(H,17,18). The summed E-state index contributed by atoms with van der Waals surface area (Å²) >= 11 is 0. The monoisotopic (exact) mass is 285 g/mol. The molecule has 0 spiro atoms. The molecule has 0 aromatic carbocycles. The average molecular weight is 285 g/mol. The van der Waals surface area contributed by atoms with E-state index in [1.807, 2.05) is 27.7 Å². The van der Waals surface area contributed by atoms with Gasteiger partial charge in [-0.1, -0.05) is 47.5 Å². The van der Waals surface area contributed by atoms with Crippen LogP contribution in [0.1, 0.15) is 61.3 Å². The minimum Gasteiger partial charge on any atom is -0.465 e. The van der Waals surface area contributed by atoms with E-state index in [0.717, 1.165) is 12.8 Å². The van der Waals surface area contributed by atoms with Crippen molar-refractivity contribution in [2.24, 2.45) is 17.3 Å².